The third-order valence-electron chi connectivity index (χ3n) is 6.69. The van der Waals surface area contributed by atoms with Gasteiger partial charge in [0.2, 0.25) is 0 Å². The summed E-state index contributed by atoms with van der Waals surface area (Å²) in [5.74, 6) is 0. The zero-order valence-electron chi connectivity index (χ0n) is 20.7. The van der Waals surface area contributed by atoms with E-state index in [1.165, 1.54) is 103 Å². The molecule has 0 radical (unpaired) electrons. The van der Waals surface area contributed by atoms with Crippen molar-refractivity contribution in [2.75, 3.05) is 6.61 Å². The molecular formula is C27H56O3. The zero-order chi connectivity index (χ0) is 22.3. The largest absolute Gasteiger partial charge is 0.393 e. The number of hydrogen-bond donors (Lipinski definition) is 3. The lowest BCUT2D eigenvalue weighted by atomic mass is 9.87. The van der Waals surface area contributed by atoms with E-state index in [1.807, 2.05) is 0 Å². The van der Waals surface area contributed by atoms with Gasteiger partial charge in [-0.25, -0.2) is 0 Å². The number of unbranched alkanes of at least 4 members (excludes halogenated alkanes) is 18. The average Bonchev–Trinajstić information content (AvgIpc) is 2.76. The van der Waals surface area contributed by atoms with Crippen molar-refractivity contribution < 1.29 is 15.3 Å². The molecule has 0 aliphatic carbocycles. The van der Waals surface area contributed by atoms with Crippen LogP contribution >= 0.6 is 0 Å². The minimum absolute atomic E-state index is 0.330. The normalized spacial score (nSPS) is 14.7. The molecule has 182 valence electrons. The molecule has 0 heterocycles. The molecule has 0 aromatic rings. The predicted molar refractivity (Wildman–Crippen MR) is 131 cm³/mol. The van der Waals surface area contributed by atoms with Gasteiger partial charge in [-0.05, 0) is 12.8 Å². The fraction of sp³-hybridized carbons (Fsp3) is 1.00. The number of aliphatic hydroxyl groups excluding tert-OH is 2. The van der Waals surface area contributed by atoms with Crippen LogP contribution in [0.1, 0.15) is 155 Å². The first kappa shape index (κ1) is 29.9. The molecule has 0 amide bonds. The standard InChI is InChI=1S/C27H56O3/c1-3-5-7-9-11-13-15-17-19-21-23-26(29)27(30,25-28)24-22-20-18-16-14-12-10-8-6-4-2/h26,28-30H,3-25H2,1-2H3. The summed E-state index contributed by atoms with van der Waals surface area (Å²) in [6.07, 6.45) is 25.5. The van der Waals surface area contributed by atoms with Crippen molar-refractivity contribution in [1.82, 2.24) is 0 Å². The van der Waals surface area contributed by atoms with E-state index >= 15 is 0 Å². The van der Waals surface area contributed by atoms with Crippen LogP contribution in [0.15, 0.2) is 0 Å². The fourth-order valence-electron chi connectivity index (χ4n) is 4.36. The van der Waals surface area contributed by atoms with E-state index in [-0.39, 0.29) is 6.61 Å². The van der Waals surface area contributed by atoms with Gasteiger partial charge in [-0.3, -0.25) is 0 Å². The van der Waals surface area contributed by atoms with Gasteiger partial charge < -0.3 is 15.3 Å². The van der Waals surface area contributed by atoms with E-state index in [0.29, 0.717) is 12.8 Å². The molecule has 0 aliphatic rings. The molecule has 0 spiro atoms. The topological polar surface area (TPSA) is 60.7 Å². The van der Waals surface area contributed by atoms with Crippen LogP contribution in [0.25, 0.3) is 0 Å². The first-order chi connectivity index (χ1) is 14.6. The molecule has 0 saturated heterocycles. The van der Waals surface area contributed by atoms with Crippen molar-refractivity contribution in [3.05, 3.63) is 0 Å². The minimum Gasteiger partial charge on any atom is -0.393 e. The van der Waals surface area contributed by atoms with Crippen LogP contribution in [-0.4, -0.2) is 33.6 Å². The van der Waals surface area contributed by atoms with Gasteiger partial charge in [0, 0.05) is 0 Å². The second-order valence-electron chi connectivity index (χ2n) is 9.68. The summed E-state index contributed by atoms with van der Waals surface area (Å²) in [5, 5.41) is 30.7. The van der Waals surface area contributed by atoms with Crippen LogP contribution in [0.3, 0.4) is 0 Å². The van der Waals surface area contributed by atoms with E-state index in [9.17, 15) is 15.3 Å². The van der Waals surface area contributed by atoms with Crippen molar-refractivity contribution in [3.8, 4) is 0 Å². The Balaban J connectivity index is 3.65. The summed E-state index contributed by atoms with van der Waals surface area (Å²) in [6, 6.07) is 0. The summed E-state index contributed by atoms with van der Waals surface area (Å²) in [4.78, 5) is 0. The molecule has 0 aromatic carbocycles. The molecule has 0 saturated carbocycles. The third-order valence-corrected chi connectivity index (χ3v) is 6.69. The van der Waals surface area contributed by atoms with Gasteiger partial charge in [0.1, 0.15) is 5.60 Å². The zero-order valence-corrected chi connectivity index (χ0v) is 20.7. The van der Waals surface area contributed by atoms with Crippen LogP contribution in [-0.2, 0) is 0 Å². The molecular weight excluding hydrogens is 372 g/mol. The molecule has 0 fully saturated rings. The van der Waals surface area contributed by atoms with Gasteiger partial charge in [0.25, 0.3) is 0 Å². The van der Waals surface area contributed by atoms with Gasteiger partial charge in [-0.2, -0.15) is 0 Å². The molecule has 0 aromatic heterocycles. The molecule has 0 rings (SSSR count). The average molecular weight is 429 g/mol. The summed E-state index contributed by atoms with van der Waals surface area (Å²) < 4.78 is 0. The molecule has 0 bridgehead atoms. The Labute approximate surface area is 189 Å². The Bertz CT molecular complexity index is 334. The van der Waals surface area contributed by atoms with Gasteiger partial charge in [-0.15, -0.1) is 0 Å². The van der Waals surface area contributed by atoms with Crippen molar-refractivity contribution >= 4 is 0 Å². The van der Waals surface area contributed by atoms with Crippen molar-refractivity contribution in [2.45, 2.75) is 167 Å². The van der Waals surface area contributed by atoms with Gasteiger partial charge >= 0.3 is 0 Å². The maximum Gasteiger partial charge on any atom is 0.113 e. The molecule has 3 nitrogen and oxygen atoms in total. The quantitative estimate of drug-likeness (QED) is 0.138. The lowest BCUT2D eigenvalue weighted by Crippen LogP contribution is -2.45. The molecule has 3 N–H and O–H groups in total. The second kappa shape index (κ2) is 22.1. The highest BCUT2D eigenvalue weighted by molar-refractivity contribution is 4.85. The van der Waals surface area contributed by atoms with Gasteiger partial charge in [-0.1, -0.05) is 142 Å². The third kappa shape index (κ3) is 17.5. The number of aliphatic hydroxyl groups is 3. The molecule has 2 atom stereocenters. The van der Waals surface area contributed by atoms with Crippen LogP contribution in [0, 0.1) is 0 Å². The van der Waals surface area contributed by atoms with Crippen LogP contribution in [0.2, 0.25) is 0 Å². The highest BCUT2D eigenvalue weighted by Gasteiger charge is 2.33. The Morgan fingerprint density at radius 3 is 1.23 bits per heavy atom. The second-order valence-corrected chi connectivity index (χ2v) is 9.68. The predicted octanol–water partition coefficient (Wildman–Crippen LogP) is 7.69. The molecule has 0 aliphatic heterocycles. The van der Waals surface area contributed by atoms with E-state index in [2.05, 4.69) is 13.8 Å². The van der Waals surface area contributed by atoms with E-state index in [0.717, 1.165) is 25.7 Å². The highest BCUT2D eigenvalue weighted by Crippen LogP contribution is 2.24. The Morgan fingerprint density at radius 2 is 0.867 bits per heavy atom. The maximum absolute atomic E-state index is 10.7. The smallest absolute Gasteiger partial charge is 0.113 e. The summed E-state index contributed by atoms with van der Waals surface area (Å²) in [6.45, 7) is 4.18. The van der Waals surface area contributed by atoms with Crippen LogP contribution < -0.4 is 0 Å². The van der Waals surface area contributed by atoms with Crippen molar-refractivity contribution in [3.63, 3.8) is 0 Å². The summed E-state index contributed by atoms with van der Waals surface area (Å²) >= 11 is 0. The van der Waals surface area contributed by atoms with Gasteiger partial charge in [0.15, 0.2) is 0 Å². The number of hydrogen-bond acceptors (Lipinski definition) is 3. The Hall–Kier alpha value is -0.120. The van der Waals surface area contributed by atoms with Crippen LogP contribution in [0.5, 0.6) is 0 Å². The van der Waals surface area contributed by atoms with E-state index in [1.54, 1.807) is 0 Å². The monoisotopic (exact) mass is 428 g/mol. The fourth-order valence-corrected chi connectivity index (χ4v) is 4.36. The Kier molecular flexibility index (Phi) is 22.0. The lowest BCUT2D eigenvalue weighted by molar-refractivity contribution is -0.114. The maximum atomic E-state index is 10.7. The number of rotatable bonds is 24. The Morgan fingerprint density at radius 1 is 0.533 bits per heavy atom. The SMILES string of the molecule is CCCCCCCCCCCCC(O)C(O)(CO)CCCCCCCCCCCC. The first-order valence-electron chi connectivity index (χ1n) is 13.6. The van der Waals surface area contributed by atoms with E-state index in [4.69, 9.17) is 0 Å². The molecule has 30 heavy (non-hydrogen) atoms. The first-order valence-corrected chi connectivity index (χ1v) is 13.6. The summed E-state index contributed by atoms with van der Waals surface area (Å²) in [5.41, 5.74) is -1.31. The van der Waals surface area contributed by atoms with Crippen molar-refractivity contribution in [2.24, 2.45) is 0 Å². The highest BCUT2D eigenvalue weighted by atomic mass is 16.4. The minimum atomic E-state index is -1.31. The molecule has 2 unspecified atom stereocenters. The van der Waals surface area contributed by atoms with Gasteiger partial charge in [0.05, 0.1) is 12.7 Å². The van der Waals surface area contributed by atoms with E-state index < -0.39 is 11.7 Å². The van der Waals surface area contributed by atoms with Crippen molar-refractivity contribution in [1.29, 1.82) is 0 Å². The summed E-state index contributed by atoms with van der Waals surface area (Å²) in [7, 11) is 0. The molecule has 3 heteroatoms. The lowest BCUT2D eigenvalue weighted by Gasteiger charge is -2.31. The van der Waals surface area contributed by atoms with Crippen LogP contribution in [0.4, 0.5) is 0 Å².